The molecule has 0 spiro atoms. The molecular weight excluding hydrogens is 537 g/mol. The zero-order valence-corrected chi connectivity index (χ0v) is 22.4. The lowest BCUT2D eigenvalue weighted by atomic mass is 10.0. The molecule has 1 fully saturated rings. The number of hydrogen-bond acceptors (Lipinski definition) is 8. The first kappa shape index (κ1) is 24.9. The second kappa shape index (κ2) is 10.4. The molecule has 1 aromatic heterocycles. The highest BCUT2D eigenvalue weighted by Gasteiger charge is 2.52. The van der Waals surface area contributed by atoms with E-state index in [9.17, 15) is 14.4 Å². The topological polar surface area (TPSA) is 89.7 Å². The van der Waals surface area contributed by atoms with Crippen LogP contribution in [0.5, 0.6) is 0 Å². The predicted octanol–water partition coefficient (Wildman–Crippen LogP) is 5.14. The van der Waals surface area contributed by atoms with Crippen LogP contribution in [-0.4, -0.2) is 33.9 Å². The molecule has 6 nitrogen and oxygen atoms in total. The van der Waals surface area contributed by atoms with Crippen molar-refractivity contribution in [1.82, 2.24) is 4.90 Å². The molecule has 3 aromatic carbocycles. The van der Waals surface area contributed by atoms with E-state index in [1.807, 2.05) is 78.9 Å². The van der Waals surface area contributed by atoms with E-state index in [4.69, 9.17) is 10.5 Å². The van der Waals surface area contributed by atoms with Crippen LogP contribution in [0.3, 0.4) is 0 Å². The third kappa shape index (κ3) is 4.56. The van der Waals surface area contributed by atoms with Gasteiger partial charge >= 0.3 is 5.97 Å². The Labute approximate surface area is 231 Å². The highest BCUT2D eigenvalue weighted by Crippen LogP contribution is 2.46. The van der Waals surface area contributed by atoms with Gasteiger partial charge in [0, 0.05) is 26.8 Å². The standard InChI is InChI=1S/C29H22N2O4S3/c30-24-27(33)31-25(29(34)35-26(17-9-3-1-4-10-17)18-11-5-2-6-12-18)22(16-36-28(24)31)38-23-15-20(32)19-13-7-8-14-21(19)37-23/h1-15,24,26,28H,16,30H2/t24-,28+/m1/s1. The van der Waals surface area contributed by atoms with E-state index in [1.54, 1.807) is 12.1 Å². The molecule has 190 valence electrons. The number of hydrogen-bond donors (Lipinski definition) is 1. The number of esters is 1. The Balaban J connectivity index is 1.40. The molecule has 4 aromatic rings. The van der Waals surface area contributed by atoms with E-state index >= 15 is 0 Å². The van der Waals surface area contributed by atoms with Crippen molar-refractivity contribution in [1.29, 1.82) is 0 Å². The van der Waals surface area contributed by atoms with Gasteiger partial charge in [0.15, 0.2) is 11.5 Å². The second-order valence-corrected chi connectivity index (χ2v) is 12.4. The van der Waals surface area contributed by atoms with Gasteiger partial charge in [-0.05, 0) is 23.3 Å². The van der Waals surface area contributed by atoms with E-state index in [0.29, 0.717) is 16.0 Å². The average molecular weight is 559 g/mol. The van der Waals surface area contributed by atoms with Crippen LogP contribution in [0, 0.1) is 0 Å². The number of fused-ring (bicyclic) bond motifs is 2. The Hall–Kier alpha value is -3.37. The number of carbonyl (C=O) groups is 2. The van der Waals surface area contributed by atoms with Crippen LogP contribution in [-0.2, 0) is 14.3 Å². The summed E-state index contributed by atoms with van der Waals surface area (Å²) in [5.74, 6) is -0.425. The van der Waals surface area contributed by atoms with Gasteiger partial charge in [0.2, 0.25) is 5.91 Å². The van der Waals surface area contributed by atoms with Crippen molar-refractivity contribution in [3.05, 3.63) is 123 Å². The molecule has 0 unspecified atom stereocenters. The Morgan fingerprint density at radius 1 is 0.947 bits per heavy atom. The van der Waals surface area contributed by atoms with E-state index < -0.39 is 18.1 Å². The lowest BCUT2D eigenvalue weighted by Gasteiger charge is -2.48. The molecule has 1 amide bonds. The maximum absolute atomic E-state index is 13.9. The van der Waals surface area contributed by atoms with Gasteiger partial charge < -0.3 is 10.5 Å². The molecule has 0 aliphatic carbocycles. The molecule has 0 bridgehead atoms. The number of nitrogens with two attached hydrogens (primary N) is 1. The summed E-state index contributed by atoms with van der Waals surface area (Å²) in [5, 5.41) is 0.336. The van der Waals surface area contributed by atoms with Gasteiger partial charge in [-0.25, -0.2) is 4.79 Å². The zero-order valence-electron chi connectivity index (χ0n) is 20.0. The molecule has 6 rings (SSSR count). The number of benzene rings is 3. The summed E-state index contributed by atoms with van der Waals surface area (Å²) in [6, 6.07) is 27.4. The van der Waals surface area contributed by atoms with Crippen LogP contribution in [0.15, 0.2) is 111 Å². The maximum Gasteiger partial charge on any atom is 0.356 e. The predicted molar refractivity (Wildman–Crippen MR) is 153 cm³/mol. The van der Waals surface area contributed by atoms with Gasteiger partial charge in [-0.15, -0.1) is 23.1 Å². The summed E-state index contributed by atoms with van der Waals surface area (Å²) < 4.78 is 7.76. The SMILES string of the molecule is N[C@@H]1C(=O)N2C(C(=O)OC(c3ccccc3)c3ccccc3)=C(Sc3cc(=O)c4ccccc4s3)CS[C@@H]12. The second-order valence-electron chi connectivity index (χ2n) is 8.84. The van der Waals surface area contributed by atoms with E-state index in [2.05, 4.69) is 0 Å². The van der Waals surface area contributed by atoms with Crippen LogP contribution in [0.2, 0.25) is 0 Å². The first-order chi connectivity index (χ1) is 18.5. The van der Waals surface area contributed by atoms with Crippen molar-refractivity contribution in [3.63, 3.8) is 0 Å². The molecular formula is C29H22N2O4S3. The van der Waals surface area contributed by atoms with Crippen molar-refractivity contribution in [2.75, 3.05) is 5.75 Å². The van der Waals surface area contributed by atoms with Crippen LogP contribution < -0.4 is 11.2 Å². The summed E-state index contributed by atoms with van der Waals surface area (Å²) in [6.07, 6.45) is -0.654. The highest BCUT2D eigenvalue weighted by atomic mass is 32.2. The fraction of sp³-hybridized carbons (Fsp3) is 0.138. The van der Waals surface area contributed by atoms with Gasteiger partial charge in [0.1, 0.15) is 17.1 Å². The van der Waals surface area contributed by atoms with E-state index in [0.717, 1.165) is 20.0 Å². The number of thioether (sulfide) groups is 2. The minimum absolute atomic E-state index is 0.0804. The van der Waals surface area contributed by atoms with Crippen LogP contribution >= 0.6 is 34.9 Å². The summed E-state index contributed by atoms with van der Waals surface area (Å²) in [4.78, 5) is 41.6. The molecule has 1 saturated heterocycles. The highest BCUT2D eigenvalue weighted by molar-refractivity contribution is 8.07. The molecule has 9 heteroatoms. The molecule has 0 radical (unpaired) electrons. The molecule has 2 aliphatic rings. The lowest BCUT2D eigenvalue weighted by Crippen LogP contribution is -2.68. The van der Waals surface area contributed by atoms with Crippen molar-refractivity contribution in [2.24, 2.45) is 5.73 Å². The normalized spacial score (nSPS) is 18.9. The summed E-state index contributed by atoms with van der Waals surface area (Å²) >= 11 is 4.32. The molecule has 3 heterocycles. The first-order valence-electron chi connectivity index (χ1n) is 12.0. The average Bonchev–Trinajstić information content (AvgIpc) is 2.96. The largest absolute Gasteiger partial charge is 0.448 e. The Bertz CT molecular complexity index is 1580. The molecule has 2 N–H and O–H groups in total. The summed E-state index contributed by atoms with van der Waals surface area (Å²) in [6.45, 7) is 0. The monoisotopic (exact) mass is 558 g/mol. The third-order valence-electron chi connectivity index (χ3n) is 6.43. The van der Waals surface area contributed by atoms with Crippen molar-refractivity contribution in [2.45, 2.75) is 21.7 Å². The number of β-lactam (4-membered cyclic amide) rings is 1. The maximum atomic E-state index is 13.9. The number of carbonyl (C=O) groups excluding carboxylic acids is 2. The Kier molecular flexibility index (Phi) is 6.84. The van der Waals surface area contributed by atoms with Crippen LogP contribution in [0.4, 0.5) is 0 Å². The minimum Gasteiger partial charge on any atom is -0.448 e. The molecule has 0 saturated carbocycles. The lowest BCUT2D eigenvalue weighted by molar-refractivity contribution is -0.152. The van der Waals surface area contributed by atoms with Crippen molar-refractivity contribution < 1.29 is 14.3 Å². The summed E-state index contributed by atoms with van der Waals surface area (Å²) in [7, 11) is 0. The number of ether oxygens (including phenoxy) is 1. The van der Waals surface area contributed by atoms with Gasteiger partial charge in [-0.3, -0.25) is 14.5 Å². The van der Waals surface area contributed by atoms with E-state index in [1.165, 1.54) is 39.8 Å². The molecule has 2 aliphatic heterocycles. The fourth-order valence-electron chi connectivity index (χ4n) is 4.56. The van der Waals surface area contributed by atoms with Crippen molar-refractivity contribution >= 4 is 56.8 Å². The first-order valence-corrected chi connectivity index (χ1v) is 14.6. The molecule has 38 heavy (non-hydrogen) atoms. The quantitative estimate of drug-likeness (QED) is 0.259. The minimum atomic E-state index is -0.662. The Morgan fingerprint density at radius 3 is 2.26 bits per heavy atom. The number of nitrogens with zero attached hydrogens (tertiary/aromatic N) is 1. The third-order valence-corrected chi connectivity index (χ3v) is 10.2. The van der Waals surface area contributed by atoms with Crippen LogP contribution in [0.25, 0.3) is 10.1 Å². The summed E-state index contributed by atoms with van der Waals surface area (Å²) in [5.41, 5.74) is 7.84. The van der Waals surface area contributed by atoms with E-state index in [-0.39, 0.29) is 22.4 Å². The van der Waals surface area contributed by atoms with Gasteiger partial charge in [-0.1, -0.05) is 84.6 Å². The van der Waals surface area contributed by atoms with Gasteiger partial charge in [0.25, 0.3) is 0 Å². The number of rotatable bonds is 6. The fourth-order valence-corrected chi connectivity index (χ4v) is 8.37. The molecule has 2 atom stereocenters. The van der Waals surface area contributed by atoms with Crippen LogP contribution in [0.1, 0.15) is 17.2 Å². The van der Waals surface area contributed by atoms with Crippen molar-refractivity contribution in [3.8, 4) is 0 Å². The van der Waals surface area contributed by atoms with Gasteiger partial charge in [-0.2, -0.15) is 0 Å². The smallest absolute Gasteiger partial charge is 0.356 e. The van der Waals surface area contributed by atoms with Gasteiger partial charge in [0.05, 0.1) is 4.21 Å². The number of amides is 1. The Morgan fingerprint density at radius 2 is 1.58 bits per heavy atom. The zero-order chi connectivity index (χ0) is 26.2.